The lowest BCUT2D eigenvalue weighted by Crippen LogP contribution is -2.44. The molecule has 0 aliphatic carbocycles. The van der Waals surface area contributed by atoms with E-state index in [9.17, 15) is 0 Å². The van der Waals surface area contributed by atoms with Crippen molar-refractivity contribution in [3.63, 3.8) is 0 Å². The topological polar surface area (TPSA) is 95.2 Å². The van der Waals surface area contributed by atoms with Gasteiger partial charge in [0, 0.05) is 39.3 Å². The van der Waals surface area contributed by atoms with E-state index in [0.29, 0.717) is 11.9 Å². The smallest absolute Gasteiger partial charge is 0.243 e. The molecule has 2 fully saturated rings. The van der Waals surface area contributed by atoms with Crippen molar-refractivity contribution < 1.29 is 0 Å². The first-order chi connectivity index (χ1) is 9.36. The second-order valence-corrected chi connectivity index (χ2v) is 4.83. The Labute approximate surface area is 112 Å². The summed E-state index contributed by atoms with van der Waals surface area (Å²) < 4.78 is 0. The first-order valence-corrected chi connectivity index (χ1v) is 6.80. The molecule has 1 aromatic rings. The molecule has 0 spiro atoms. The van der Waals surface area contributed by atoms with Crippen molar-refractivity contribution in [1.82, 2.24) is 20.3 Å². The first-order valence-electron chi connectivity index (χ1n) is 6.80. The predicted octanol–water partition coefficient (Wildman–Crippen LogP) is -0.833. The SMILES string of the molecule is NNc1nc(N2CCCC2)nc(N2CCNCC2)n1. The summed E-state index contributed by atoms with van der Waals surface area (Å²) in [7, 11) is 0. The van der Waals surface area contributed by atoms with Gasteiger partial charge in [0.05, 0.1) is 0 Å². The Balaban J connectivity index is 1.87. The van der Waals surface area contributed by atoms with Gasteiger partial charge < -0.3 is 15.1 Å². The van der Waals surface area contributed by atoms with Crippen LogP contribution in [0.4, 0.5) is 17.8 Å². The number of hydrogen-bond donors (Lipinski definition) is 3. The lowest BCUT2D eigenvalue weighted by Gasteiger charge is -2.28. The fourth-order valence-electron chi connectivity index (χ4n) is 2.48. The van der Waals surface area contributed by atoms with Crippen LogP contribution >= 0.6 is 0 Å². The predicted molar refractivity (Wildman–Crippen MR) is 74.2 cm³/mol. The Kier molecular flexibility index (Phi) is 3.60. The standard InChI is InChI=1S/C11H20N8/c12-17-9-14-10(18-5-1-2-6-18)16-11(15-9)19-7-3-13-4-8-19/h13H,1-8,12H2,(H,14,15,16,17). The summed E-state index contributed by atoms with van der Waals surface area (Å²) in [6.07, 6.45) is 2.39. The van der Waals surface area contributed by atoms with Gasteiger partial charge in [0.2, 0.25) is 17.8 Å². The van der Waals surface area contributed by atoms with Crippen molar-refractivity contribution in [1.29, 1.82) is 0 Å². The summed E-state index contributed by atoms with van der Waals surface area (Å²) in [6, 6.07) is 0. The molecule has 0 aromatic carbocycles. The number of aromatic nitrogens is 3. The van der Waals surface area contributed by atoms with Gasteiger partial charge in [-0.1, -0.05) is 0 Å². The van der Waals surface area contributed by atoms with Crippen LogP contribution in [-0.4, -0.2) is 54.2 Å². The van der Waals surface area contributed by atoms with Crippen LogP contribution in [0.2, 0.25) is 0 Å². The maximum atomic E-state index is 5.46. The lowest BCUT2D eigenvalue weighted by atomic mass is 10.4. The van der Waals surface area contributed by atoms with Crippen LogP contribution in [0.5, 0.6) is 0 Å². The maximum Gasteiger partial charge on any atom is 0.243 e. The zero-order valence-corrected chi connectivity index (χ0v) is 11.0. The van der Waals surface area contributed by atoms with E-state index >= 15 is 0 Å². The molecule has 3 rings (SSSR count). The minimum atomic E-state index is 0.436. The third-order valence-corrected chi connectivity index (χ3v) is 3.53. The van der Waals surface area contributed by atoms with Crippen LogP contribution in [0, 0.1) is 0 Å². The second kappa shape index (κ2) is 5.54. The van der Waals surface area contributed by atoms with Gasteiger partial charge in [0.15, 0.2) is 0 Å². The van der Waals surface area contributed by atoms with Gasteiger partial charge in [-0.3, -0.25) is 5.43 Å². The minimum absolute atomic E-state index is 0.436. The third-order valence-electron chi connectivity index (χ3n) is 3.53. The number of rotatable bonds is 3. The van der Waals surface area contributed by atoms with Gasteiger partial charge in [-0.25, -0.2) is 5.84 Å². The number of hydrazine groups is 1. The largest absolute Gasteiger partial charge is 0.341 e. The maximum absolute atomic E-state index is 5.46. The van der Waals surface area contributed by atoms with E-state index in [-0.39, 0.29) is 0 Å². The van der Waals surface area contributed by atoms with Crippen LogP contribution in [0.25, 0.3) is 0 Å². The van der Waals surface area contributed by atoms with Crippen molar-refractivity contribution in [2.24, 2.45) is 5.84 Å². The molecule has 0 saturated carbocycles. The molecule has 2 aliphatic heterocycles. The number of piperazine rings is 1. The Morgan fingerprint density at radius 3 is 2.05 bits per heavy atom. The van der Waals surface area contributed by atoms with Crippen LogP contribution in [0.1, 0.15) is 12.8 Å². The Bertz CT molecular complexity index is 425. The highest BCUT2D eigenvalue weighted by atomic mass is 15.4. The second-order valence-electron chi connectivity index (χ2n) is 4.83. The van der Waals surface area contributed by atoms with Gasteiger partial charge >= 0.3 is 0 Å². The number of nitrogens with zero attached hydrogens (tertiary/aromatic N) is 5. The molecule has 0 bridgehead atoms. The average Bonchev–Trinajstić information content (AvgIpc) is 3.02. The highest BCUT2D eigenvalue weighted by molar-refractivity contribution is 5.45. The summed E-state index contributed by atoms with van der Waals surface area (Å²) in [6.45, 7) is 5.75. The van der Waals surface area contributed by atoms with E-state index in [1.54, 1.807) is 0 Å². The minimum Gasteiger partial charge on any atom is -0.341 e. The average molecular weight is 264 g/mol. The van der Waals surface area contributed by atoms with Gasteiger partial charge in [-0.2, -0.15) is 15.0 Å². The highest BCUT2D eigenvalue weighted by Gasteiger charge is 2.20. The number of anilines is 3. The van der Waals surface area contributed by atoms with Gasteiger partial charge in [-0.05, 0) is 12.8 Å². The number of hydrogen-bond acceptors (Lipinski definition) is 8. The summed E-state index contributed by atoms with van der Waals surface area (Å²) >= 11 is 0. The first kappa shape index (κ1) is 12.4. The van der Waals surface area contributed by atoms with E-state index in [4.69, 9.17) is 5.84 Å². The summed E-state index contributed by atoms with van der Waals surface area (Å²) in [4.78, 5) is 17.7. The van der Waals surface area contributed by atoms with Crippen molar-refractivity contribution in [2.75, 3.05) is 54.5 Å². The van der Waals surface area contributed by atoms with Crippen molar-refractivity contribution in [3.05, 3.63) is 0 Å². The molecule has 0 radical (unpaired) electrons. The van der Waals surface area contributed by atoms with Crippen molar-refractivity contribution in [2.45, 2.75) is 12.8 Å². The Morgan fingerprint density at radius 1 is 0.895 bits per heavy atom. The zero-order valence-electron chi connectivity index (χ0n) is 11.0. The lowest BCUT2D eigenvalue weighted by molar-refractivity contribution is 0.579. The summed E-state index contributed by atoms with van der Waals surface area (Å²) in [5.41, 5.74) is 2.54. The zero-order chi connectivity index (χ0) is 13.1. The molecule has 4 N–H and O–H groups in total. The molecule has 19 heavy (non-hydrogen) atoms. The Hall–Kier alpha value is -1.67. The van der Waals surface area contributed by atoms with E-state index in [2.05, 4.69) is 35.5 Å². The Morgan fingerprint density at radius 2 is 1.47 bits per heavy atom. The molecule has 0 amide bonds. The van der Waals surface area contributed by atoms with Crippen molar-refractivity contribution >= 4 is 17.8 Å². The van der Waals surface area contributed by atoms with Crippen molar-refractivity contribution in [3.8, 4) is 0 Å². The van der Waals surface area contributed by atoms with E-state index in [0.717, 1.165) is 45.2 Å². The van der Waals surface area contributed by atoms with Gasteiger partial charge in [0.1, 0.15) is 0 Å². The number of nitrogens with one attached hydrogen (secondary N) is 2. The van der Waals surface area contributed by atoms with E-state index in [1.165, 1.54) is 12.8 Å². The van der Waals surface area contributed by atoms with Crippen LogP contribution in [0.3, 0.4) is 0 Å². The molecule has 104 valence electrons. The fourth-order valence-corrected chi connectivity index (χ4v) is 2.48. The molecular weight excluding hydrogens is 244 g/mol. The highest BCUT2D eigenvalue weighted by Crippen LogP contribution is 2.20. The molecule has 8 nitrogen and oxygen atoms in total. The molecule has 0 unspecified atom stereocenters. The molecule has 8 heteroatoms. The third kappa shape index (κ3) is 2.69. The molecule has 2 aliphatic rings. The monoisotopic (exact) mass is 264 g/mol. The van der Waals surface area contributed by atoms with E-state index in [1.807, 2.05) is 0 Å². The fraction of sp³-hybridized carbons (Fsp3) is 0.727. The summed E-state index contributed by atoms with van der Waals surface area (Å²) in [5, 5.41) is 3.32. The molecular formula is C11H20N8. The molecule has 1 aromatic heterocycles. The van der Waals surface area contributed by atoms with Gasteiger partial charge in [-0.15, -0.1) is 0 Å². The number of nitrogen functional groups attached to an aromatic ring is 1. The van der Waals surface area contributed by atoms with Crippen LogP contribution in [0.15, 0.2) is 0 Å². The molecule has 0 atom stereocenters. The van der Waals surface area contributed by atoms with E-state index < -0.39 is 0 Å². The normalized spacial score (nSPS) is 19.8. The quantitative estimate of drug-likeness (QED) is 0.481. The van der Waals surface area contributed by atoms with Gasteiger partial charge in [0.25, 0.3) is 0 Å². The summed E-state index contributed by atoms with van der Waals surface area (Å²) in [5.74, 6) is 7.34. The van der Waals surface area contributed by atoms with Crippen LogP contribution < -0.4 is 26.4 Å². The molecule has 2 saturated heterocycles. The van der Waals surface area contributed by atoms with Crippen LogP contribution in [-0.2, 0) is 0 Å². The number of nitrogens with two attached hydrogens (primary N) is 1. The molecule has 3 heterocycles.